The summed E-state index contributed by atoms with van der Waals surface area (Å²) < 4.78 is 0. The van der Waals surface area contributed by atoms with Crippen molar-refractivity contribution in [1.82, 2.24) is 14.8 Å². The molecule has 0 aromatic carbocycles. The molecule has 1 aromatic rings. The van der Waals surface area contributed by atoms with Crippen molar-refractivity contribution in [3.8, 4) is 0 Å². The van der Waals surface area contributed by atoms with Crippen LogP contribution in [0.15, 0.2) is 18.2 Å². The van der Waals surface area contributed by atoms with E-state index >= 15 is 0 Å². The van der Waals surface area contributed by atoms with E-state index in [0.717, 1.165) is 6.54 Å². The second-order valence-corrected chi connectivity index (χ2v) is 4.84. The van der Waals surface area contributed by atoms with Crippen molar-refractivity contribution in [3.05, 3.63) is 23.4 Å². The SMILES string of the molecule is CN(C)CCN(C(=O)N(C)C)c1cccc(Cl)n1.Cl. The monoisotopic (exact) mass is 306 g/mol. The predicted octanol–water partition coefficient (Wildman–Crippen LogP) is 2.21. The molecule has 0 aliphatic heterocycles. The Morgan fingerprint density at radius 2 is 1.84 bits per heavy atom. The molecule has 0 fully saturated rings. The maximum atomic E-state index is 12.1. The first kappa shape index (κ1) is 18.0. The van der Waals surface area contributed by atoms with Crippen LogP contribution in [0.4, 0.5) is 10.6 Å². The maximum Gasteiger partial charge on any atom is 0.325 e. The molecule has 0 saturated carbocycles. The van der Waals surface area contributed by atoms with Crippen LogP contribution in [0, 0.1) is 0 Å². The van der Waals surface area contributed by atoms with Gasteiger partial charge in [-0.15, -0.1) is 12.4 Å². The van der Waals surface area contributed by atoms with Gasteiger partial charge in [0.25, 0.3) is 0 Å². The van der Waals surface area contributed by atoms with Gasteiger partial charge in [-0.2, -0.15) is 0 Å². The van der Waals surface area contributed by atoms with E-state index in [9.17, 15) is 4.79 Å². The molecular weight excluding hydrogens is 287 g/mol. The minimum atomic E-state index is -0.105. The molecule has 0 atom stereocenters. The van der Waals surface area contributed by atoms with Gasteiger partial charge in [-0.05, 0) is 26.2 Å². The van der Waals surface area contributed by atoms with Gasteiger partial charge in [0.1, 0.15) is 11.0 Å². The highest BCUT2D eigenvalue weighted by Crippen LogP contribution is 2.15. The predicted molar refractivity (Wildman–Crippen MR) is 81.5 cm³/mol. The van der Waals surface area contributed by atoms with E-state index in [0.29, 0.717) is 17.5 Å². The number of likely N-dealkylation sites (N-methyl/N-ethyl adjacent to an activating group) is 1. The van der Waals surface area contributed by atoms with Gasteiger partial charge < -0.3 is 9.80 Å². The Labute approximate surface area is 125 Å². The lowest BCUT2D eigenvalue weighted by molar-refractivity contribution is 0.222. The van der Waals surface area contributed by atoms with Crippen LogP contribution in [-0.2, 0) is 0 Å². The lowest BCUT2D eigenvalue weighted by atomic mass is 10.4. The average molecular weight is 307 g/mol. The zero-order valence-corrected chi connectivity index (χ0v) is 13.2. The van der Waals surface area contributed by atoms with Crippen LogP contribution in [0.1, 0.15) is 0 Å². The number of hydrogen-bond donors (Lipinski definition) is 0. The smallest absolute Gasteiger partial charge is 0.325 e. The zero-order chi connectivity index (χ0) is 13.7. The average Bonchev–Trinajstić information content (AvgIpc) is 2.28. The second-order valence-electron chi connectivity index (χ2n) is 4.45. The van der Waals surface area contributed by atoms with Crippen LogP contribution < -0.4 is 4.90 Å². The summed E-state index contributed by atoms with van der Waals surface area (Å²) in [6.07, 6.45) is 0. The van der Waals surface area contributed by atoms with Crippen molar-refractivity contribution < 1.29 is 4.79 Å². The third kappa shape index (κ3) is 5.63. The van der Waals surface area contributed by atoms with Gasteiger partial charge in [-0.25, -0.2) is 9.78 Å². The third-order valence-corrected chi connectivity index (χ3v) is 2.57. The Morgan fingerprint density at radius 1 is 1.21 bits per heavy atom. The minimum Gasteiger partial charge on any atom is -0.330 e. The molecular formula is C12H20Cl2N4O. The number of carbonyl (C=O) groups is 1. The third-order valence-electron chi connectivity index (χ3n) is 2.36. The fraction of sp³-hybridized carbons (Fsp3) is 0.500. The van der Waals surface area contributed by atoms with Gasteiger partial charge in [0, 0.05) is 27.2 Å². The lowest BCUT2D eigenvalue weighted by Gasteiger charge is -2.26. The van der Waals surface area contributed by atoms with Crippen molar-refractivity contribution in [2.75, 3.05) is 46.2 Å². The van der Waals surface area contributed by atoms with Crippen LogP contribution in [0.25, 0.3) is 0 Å². The number of anilines is 1. The van der Waals surface area contributed by atoms with Gasteiger partial charge in [0.15, 0.2) is 0 Å². The summed E-state index contributed by atoms with van der Waals surface area (Å²) in [5.74, 6) is 0.572. The lowest BCUT2D eigenvalue weighted by Crippen LogP contribution is -2.43. The Kier molecular flexibility index (Phi) is 7.75. The molecule has 0 aliphatic rings. The van der Waals surface area contributed by atoms with Gasteiger partial charge in [0.05, 0.1) is 0 Å². The molecule has 1 rings (SSSR count). The number of urea groups is 1. The molecule has 19 heavy (non-hydrogen) atoms. The molecule has 0 saturated heterocycles. The molecule has 1 aromatic heterocycles. The first-order valence-corrected chi connectivity index (χ1v) is 6.05. The van der Waals surface area contributed by atoms with Gasteiger partial charge >= 0.3 is 6.03 Å². The highest BCUT2D eigenvalue weighted by Gasteiger charge is 2.18. The van der Waals surface area contributed by atoms with Crippen LogP contribution in [0.5, 0.6) is 0 Å². The topological polar surface area (TPSA) is 39.7 Å². The number of amides is 2. The highest BCUT2D eigenvalue weighted by atomic mass is 35.5. The van der Waals surface area contributed by atoms with Crippen molar-refractivity contribution in [3.63, 3.8) is 0 Å². The highest BCUT2D eigenvalue weighted by molar-refractivity contribution is 6.29. The van der Waals surface area contributed by atoms with E-state index in [1.165, 1.54) is 4.90 Å². The van der Waals surface area contributed by atoms with Gasteiger partial charge in [-0.3, -0.25) is 4.90 Å². The number of pyridine rings is 1. The van der Waals surface area contributed by atoms with E-state index in [-0.39, 0.29) is 18.4 Å². The largest absolute Gasteiger partial charge is 0.330 e. The summed E-state index contributed by atoms with van der Waals surface area (Å²) in [7, 11) is 7.36. The van der Waals surface area contributed by atoms with Crippen LogP contribution in [0.2, 0.25) is 5.15 Å². The fourth-order valence-corrected chi connectivity index (χ4v) is 1.56. The first-order chi connectivity index (χ1) is 8.41. The number of rotatable bonds is 4. The van der Waals surface area contributed by atoms with E-state index < -0.39 is 0 Å². The summed E-state index contributed by atoms with van der Waals surface area (Å²) in [5.41, 5.74) is 0. The molecule has 0 radical (unpaired) electrons. The Morgan fingerprint density at radius 3 is 2.32 bits per heavy atom. The molecule has 0 bridgehead atoms. The number of aromatic nitrogens is 1. The van der Waals surface area contributed by atoms with Gasteiger partial charge in [0.2, 0.25) is 0 Å². The number of hydrogen-bond acceptors (Lipinski definition) is 3. The normalized spacial score (nSPS) is 10.0. The number of carbonyl (C=O) groups excluding carboxylic acids is 1. The van der Waals surface area contributed by atoms with Crippen LogP contribution in [-0.4, -0.2) is 62.1 Å². The van der Waals surface area contributed by atoms with E-state index in [1.54, 1.807) is 37.2 Å². The van der Waals surface area contributed by atoms with E-state index in [4.69, 9.17) is 11.6 Å². The van der Waals surface area contributed by atoms with Crippen molar-refractivity contribution in [2.24, 2.45) is 0 Å². The standard InChI is InChI=1S/C12H19ClN4O.ClH/c1-15(2)8-9-17(12(18)16(3)4)11-7-5-6-10(13)14-11;/h5-7H,8-9H2,1-4H3;1H. The van der Waals surface area contributed by atoms with E-state index in [1.807, 2.05) is 19.0 Å². The molecule has 0 unspecified atom stereocenters. The van der Waals surface area contributed by atoms with Crippen molar-refractivity contribution in [2.45, 2.75) is 0 Å². The van der Waals surface area contributed by atoms with Crippen molar-refractivity contribution >= 4 is 35.9 Å². The summed E-state index contributed by atoms with van der Waals surface area (Å²) in [6.45, 7) is 1.32. The minimum absolute atomic E-state index is 0. The quantitative estimate of drug-likeness (QED) is 0.801. The first-order valence-electron chi connectivity index (χ1n) is 5.68. The molecule has 7 heteroatoms. The molecule has 1 heterocycles. The summed E-state index contributed by atoms with van der Waals surface area (Å²) >= 11 is 5.86. The number of nitrogens with zero attached hydrogens (tertiary/aromatic N) is 4. The summed E-state index contributed by atoms with van der Waals surface area (Å²) in [4.78, 5) is 21.5. The molecule has 2 amide bonds. The van der Waals surface area contributed by atoms with Crippen LogP contribution >= 0.6 is 24.0 Å². The number of halogens is 2. The zero-order valence-electron chi connectivity index (χ0n) is 11.6. The summed E-state index contributed by atoms with van der Waals surface area (Å²) in [5, 5.41) is 0.383. The Hall–Kier alpha value is -1.04. The van der Waals surface area contributed by atoms with Gasteiger partial charge in [-0.1, -0.05) is 17.7 Å². The van der Waals surface area contributed by atoms with Crippen molar-refractivity contribution in [1.29, 1.82) is 0 Å². The van der Waals surface area contributed by atoms with Crippen LogP contribution in [0.3, 0.4) is 0 Å². The maximum absolute atomic E-state index is 12.1. The molecule has 0 aliphatic carbocycles. The Bertz CT molecular complexity index is 412. The molecule has 0 spiro atoms. The Balaban J connectivity index is 0.00000324. The second kappa shape index (κ2) is 8.19. The molecule has 5 nitrogen and oxygen atoms in total. The van der Waals surface area contributed by atoms with E-state index in [2.05, 4.69) is 4.98 Å². The summed E-state index contributed by atoms with van der Waals surface area (Å²) in [6, 6.07) is 5.15. The fourth-order valence-electron chi connectivity index (χ4n) is 1.40. The molecule has 108 valence electrons. The molecule has 0 N–H and O–H groups in total.